The van der Waals surface area contributed by atoms with Crippen LogP contribution in [0.1, 0.15) is 15.9 Å². The number of hydrogen-bond acceptors (Lipinski definition) is 3. The van der Waals surface area contributed by atoms with Crippen LogP contribution in [0.15, 0.2) is 24.3 Å². The summed E-state index contributed by atoms with van der Waals surface area (Å²) in [6.45, 7) is 0.540. The third-order valence-corrected chi connectivity index (χ3v) is 1.57. The SMILES string of the molecule is O=CNNCc1ccc(C=O)cc1. The van der Waals surface area contributed by atoms with Crippen LogP contribution >= 0.6 is 0 Å². The Labute approximate surface area is 75.9 Å². The lowest BCUT2D eigenvalue weighted by molar-refractivity contribution is -0.110. The van der Waals surface area contributed by atoms with Gasteiger partial charge >= 0.3 is 0 Å². The molecule has 0 atom stereocenters. The molecule has 0 fully saturated rings. The summed E-state index contributed by atoms with van der Waals surface area (Å²) < 4.78 is 0. The van der Waals surface area contributed by atoms with E-state index in [0.717, 1.165) is 11.8 Å². The zero-order valence-electron chi connectivity index (χ0n) is 6.99. The fourth-order valence-corrected chi connectivity index (χ4v) is 0.909. The van der Waals surface area contributed by atoms with Gasteiger partial charge in [0.25, 0.3) is 0 Å². The number of nitrogens with one attached hydrogen (secondary N) is 2. The van der Waals surface area contributed by atoms with Gasteiger partial charge in [-0.25, -0.2) is 5.43 Å². The first-order valence-electron chi connectivity index (χ1n) is 3.83. The number of carbonyl (C=O) groups is 2. The Kier molecular flexibility index (Phi) is 3.66. The van der Waals surface area contributed by atoms with Gasteiger partial charge in [-0.3, -0.25) is 15.0 Å². The Hall–Kier alpha value is -1.68. The number of rotatable bonds is 5. The Morgan fingerprint density at radius 3 is 2.38 bits per heavy atom. The molecule has 0 aliphatic carbocycles. The van der Waals surface area contributed by atoms with Crippen LogP contribution in [-0.2, 0) is 11.3 Å². The Bertz CT molecular complexity index is 282. The molecule has 0 radical (unpaired) electrons. The van der Waals surface area contributed by atoms with Crippen molar-refractivity contribution in [2.75, 3.05) is 0 Å². The highest BCUT2D eigenvalue weighted by atomic mass is 16.1. The predicted molar refractivity (Wildman–Crippen MR) is 47.9 cm³/mol. The molecule has 0 aliphatic rings. The van der Waals surface area contributed by atoms with Crippen molar-refractivity contribution >= 4 is 12.7 Å². The van der Waals surface area contributed by atoms with Gasteiger partial charge in [-0.15, -0.1) is 0 Å². The fourth-order valence-electron chi connectivity index (χ4n) is 0.909. The van der Waals surface area contributed by atoms with Gasteiger partial charge in [0.15, 0.2) is 0 Å². The van der Waals surface area contributed by atoms with E-state index in [9.17, 15) is 9.59 Å². The van der Waals surface area contributed by atoms with E-state index < -0.39 is 0 Å². The zero-order valence-corrected chi connectivity index (χ0v) is 6.99. The van der Waals surface area contributed by atoms with E-state index in [0.29, 0.717) is 18.5 Å². The molecule has 68 valence electrons. The molecule has 1 amide bonds. The Balaban J connectivity index is 2.48. The molecule has 0 heterocycles. The molecule has 1 aromatic rings. The second kappa shape index (κ2) is 5.05. The van der Waals surface area contributed by atoms with Crippen molar-refractivity contribution in [3.63, 3.8) is 0 Å². The summed E-state index contributed by atoms with van der Waals surface area (Å²) in [6.07, 6.45) is 1.36. The number of amides is 1. The topological polar surface area (TPSA) is 58.2 Å². The van der Waals surface area contributed by atoms with Gasteiger partial charge in [0.1, 0.15) is 6.29 Å². The average Bonchev–Trinajstić information content (AvgIpc) is 2.19. The highest BCUT2D eigenvalue weighted by Gasteiger charge is 1.92. The number of hydrazine groups is 1. The molecule has 1 rings (SSSR count). The van der Waals surface area contributed by atoms with Gasteiger partial charge in [0.2, 0.25) is 6.41 Å². The molecule has 0 spiro atoms. The Morgan fingerprint density at radius 2 is 1.85 bits per heavy atom. The number of benzene rings is 1. The summed E-state index contributed by atoms with van der Waals surface area (Å²) in [5.41, 5.74) is 6.65. The lowest BCUT2D eigenvalue weighted by Gasteiger charge is -2.01. The third-order valence-electron chi connectivity index (χ3n) is 1.57. The van der Waals surface area contributed by atoms with Crippen molar-refractivity contribution in [2.45, 2.75) is 6.54 Å². The van der Waals surface area contributed by atoms with Gasteiger partial charge in [-0.1, -0.05) is 24.3 Å². The summed E-state index contributed by atoms with van der Waals surface area (Å²) in [7, 11) is 0. The first-order valence-corrected chi connectivity index (χ1v) is 3.83. The zero-order chi connectivity index (χ0) is 9.52. The van der Waals surface area contributed by atoms with Crippen molar-refractivity contribution in [3.8, 4) is 0 Å². The van der Waals surface area contributed by atoms with Crippen LogP contribution in [0.2, 0.25) is 0 Å². The van der Waals surface area contributed by atoms with Crippen molar-refractivity contribution < 1.29 is 9.59 Å². The maximum Gasteiger partial charge on any atom is 0.221 e. The summed E-state index contributed by atoms with van der Waals surface area (Å²) in [4.78, 5) is 20.2. The van der Waals surface area contributed by atoms with Crippen LogP contribution in [0.25, 0.3) is 0 Å². The van der Waals surface area contributed by atoms with Crippen LogP contribution < -0.4 is 10.9 Å². The molecule has 2 N–H and O–H groups in total. The van der Waals surface area contributed by atoms with Crippen LogP contribution in [0.4, 0.5) is 0 Å². The van der Waals surface area contributed by atoms with E-state index in [2.05, 4.69) is 10.9 Å². The molecule has 4 nitrogen and oxygen atoms in total. The first-order chi connectivity index (χ1) is 6.36. The van der Waals surface area contributed by atoms with Crippen LogP contribution in [-0.4, -0.2) is 12.7 Å². The summed E-state index contributed by atoms with van der Waals surface area (Å²) in [6, 6.07) is 7.10. The molecular formula is C9H10N2O2. The second-order valence-corrected chi connectivity index (χ2v) is 2.48. The van der Waals surface area contributed by atoms with E-state index in [1.807, 2.05) is 12.1 Å². The van der Waals surface area contributed by atoms with Crippen molar-refractivity contribution in [1.29, 1.82) is 0 Å². The Morgan fingerprint density at radius 1 is 1.15 bits per heavy atom. The van der Waals surface area contributed by atoms with E-state index in [1.54, 1.807) is 12.1 Å². The highest BCUT2D eigenvalue weighted by Crippen LogP contribution is 2.01. The van der Waals surface area contributed by atoms with Crippen LogP contribution in [0.5, 0.6) is 0 Å². The molecule has 0 aliphatic heterocycles. The monoisotopic (exact) mass is 178 g/mol. The minimum atomic E-state index is 0.540. The maximum absolute atomic E-state index is 10.3. The first kappa shape index (κ1) is 9.41. The normalized spacial score (nSPS) is 9.23. The van der Waals surface area contributed by atoms with E-state index in [4.69, 9.17) is 0 Å². The smallest absolute Gasteiger partial charge is 0.221 e. The number of carbonyl (C=O) groups excluding carboxylic acids is 2. The van der Waals surface area contributed by atoms with E-state index >= 15 is 0 Å². The molecule has 13 heavy (non-hydrogen) atoms. The molecular weight excluding hydrogens is 168 g/mol. The molecule has 0 bridgehead atoms. The van der Waals surface area contributed by atoms with Gasteiger partial charge in [-0.05, 0) is 5.56 Å². The van der Waals surface area contributed by atoms with Crippen molar-refractivity contribution in [2.24, 2.45) is 0 Å². The van der Waals surface area contributed by atoms with E-state index in [-0.39, 0.29) is 0 Å². The number of hydrogen-bond donors (Lipinski definition) is 2. The third kappa shape index (κ3) is 3.04. The standard InChI is InChI=1S/C9H10N2O2/c12-6-9-3-1-8(2-4-9)5-10-11-7-13/h1-4,6-7,10H,5H2,(H,11,13). The van der Waals surface area contributed by atoms with E-state index in [1.165, 1.54) is 0 Å². The van der Waals surface area contributed by atoms with Gasteiger partial charge in [0.05, 0.1) is 0 Å². The molecule has 1 aromatic carbocycles. The summed E-state index contributed by atoms with van der Waals surface area (Å²) in [5.74, 6) is 0. The van der Waals surface area contributed by atoms with Crippen molar-refractivity contribution in [3.05, 3.63) is 35.4 Å². The van der Waals surface area contributed by atoms with Gasteiger partial charge < -0.3 is 0 Å². The second-order valence-electron chi connectivity index (χ2n) is 2.48. The van der Waals surface area contributed by atoms with Crippen LogP contribution in [0.3, 0.4) is 0 Å². The molecule has 0 aromatic heterocycles. The minimum absolute atomic E-state index is 0.540. The quantitative estimate of drug-likeness (QED) is 0.386. The van der Waals surface area contributed by atoms with Crippen LogP contribution in [0, 0.1) is 0 Å². The predicted octanol–water partition coefficient (Wildman–Crippen LogP) is 0.250. The maximum atomic E-state index is 10.3. The van der Waals surface area contributed by atoms with Gasteiger partial charge in [0, 0.05) is 12.1 Å². The molecule has 4 heteroatoms. The molecule has 0 unspecified atom stereocenters. The molecule has 0 saturated carbocycles. The minimum Gasteiger partial charge on any atom is -0.298 e. The fraction of sp³-hybridized carbons (Fsp3) is 0.111. The summed E-state index contributed by atoms with van der Waals surface area (Å²) >= 11 is 0. The summed E-state index contributed by atoms with van der Waals surface area (Å²) in [5, 5.41) is 0. The van der Waals surface area contributed by atoms with Crippen molar-refractivity contribution in [1.82, 2.24) is 10.9 Å². The molecule has 0 saturated heterocycles. The largest absolute Gasteiger partial charge is 0.298 e. The highest BCUT2D eigenvalue weighted by molar-refractivity contribution is 5.74. The average molecular weight is 178 g/mol. The lowest BCUT2D eigenvalue weighted by atomic mass is 10.1. The van der Waals surface area contributed by atoms with Gasteiger partial charge in [-0.2, -0.15) is 0 Å². The lowest BCUT2D eigenvalue weighted by Crippen LogP contribution is -2.29. The number of aldehydes is 1.